The molecular weight excluding hydrogens is 293 g/mol. The van der Waals surface area contributed by atoms with E-state index in [2.05, 4.69) is 26.1 Å². The largest absolute Gasteiger partial charge is 0.488 e. The molecule has 1 aliphatic rings. The molecule has 0 radical (unpaired) electrons. The van der Waals surface area contributed by atoms with Gasteiger partial charge in [0.05, 0.1) is 5.02 Å². The van der Waals surface area contributed by atoms with Gasteiger partial charge in [-0.2, -0.15) is 0 Å². The highest BCUT2D eigenvalue weighted by atomic mass is 35.5. The molecule has 1 aliphatic carbocycles. The third kappa shape index (κ3) is 3.08. The highest BCUT2D eigenvalue weighted by Crippen LogP contribution is 2.47. The highest BCUT2D eigenvalue weighted by molar-refractivity contribution is 6.35. The minimum atomic E-state index is 0.165. The third-order valence-electron chi connectivity index (χ3n) is 4.55. The van der Waals surface area contributed by atoms with Crippen molar-refractivity contribution in [1.29, 1.82) is 0 Å². The van der Waals surface area contributed by atoms with E-state index >= 15 is 0 Å². The molecule has 0 bridgehead atoms. The van der Waals surface area contributed by atoms with Crippen LogP contribution in [0.5, 0.6) is 5.75 Å². The molecule has 0 amide bonds. The highest BCUT2D eigenvalue weighted by Gasteiger charge is 2.51. The lowest BCUT2D eigenvalue weighted by molar-refractivity contribution is -0.0700. The van der Waals surface area contributed by atoms with Crippen LogP contribution in [0.25, 0.3) is 0 Å². The molecule has 0 spiro atoms. The Kier molecular flexibility index (Phi) is 5.22. The zero-order valence-electron chi connectivity index (χ0n) is 12.4. The predicted octanol–water partition coefficient (Wildman–Crippen LogP) is 4.93. The maximum absolute atomic E-state index is 6.19. The van der Waals surface area contributed by atoms with Crippen molar-refractivity contribution >= 4 is 23.2 Å². The molecule has 3 atom stereocenters. The van der Waals surface area contributed by atoms with Gasteiger partial charge in [-0.05, 0) is 37.6 Å². The lowest BCUT2D eigenvalue weighted by Crippen LogP contribution is -2.63. The summed E-state index contributed by atoms with van der Waals surface area (Å²) in [7, 11) is 0. The van der Waals surface area contributed by atoms with Gasteiger partial charge in [-0.1, -0.05) is 44.0 Å². The van der Waals surface area contributed by atoms with Gasteiger partial charge in [0.25, 0.3) is 0 Å². The summed E-state index contributed by atoms with van der Waals surface area (Å²) in [5.74, 6) is 0.731. The van der Waals surface area contributed by atoms with E-state index in [1.807, 2.05) is 12.1 Å². The van der Waals surface area contributed by atoms with Gasteiger partial charge in [-0.15, -0.1) is 0 Å². The molecule has 2 rings (SSSR count). The molecule has 1 N–H and O–H groups in total. The van der Waals surface area contributed by atoms with Crippen LogP contribution >= 0.6 is 23.2 Å². The second kappa shape index (κ2) is 6.55. The fourth-order valence-corrected chi connectivity index (χ4v) is 3.29. The molecule has 0 aliphatic heterocycles. The van der Waals surface area contributed by atoms with Gasteiger partial charge < -0.3 is 10.1 Å². The molecule has 1 saturated carbocycles. The number of halogens is 2. The van der Waals surface area contributed by atoms with Crippen LogP contribution in [0.2, 0.25) is 10.0 Å². The van der Waals surface area contributed by atoms with Crippen molar-refractivity contribution in [1.82, 2.24) is 5.32 Å². The van der Waals surface area contributed by atoms with Crippen molar-refractivity contribution in [2.24, 2.45) is 5.41 Å². The maximum Gasteiger partial charge on any atom is 0.138 e. The zero-order chi connectivity index (χ0) is 14.8. The van der Waals surface area contributed by atoms with E-state index in [9.17, 15) is 0 Å². The Morgan fingerprint density at radius 1 is 1.35 bits per heavy atom. The smallest absolute Gasteiger partial charge is 0.138 e. The average molecular weight is 316 g/mol. The summed E-state index contributed by atoms with van der Waals surface area (Å²) in [6.45, 7) is 7.77. The summed E-state index contributed by atoms with van der Waals surface area (Å²) >= 11 is 12.1. The van der Waals surface area contributed by atoms with Gasteiger partial charge in [0.2, 0.25) is 0 Å². The topological polar surface area (TPSA) is 21.3 Å². The summed E-state index contributed by atoms with van der Waals surface area (Å²) < 4.78 is 6.12. The monoisotopic (exact) mass is 315 g/mol. The maximum atomic E-state index is 6.19. The van der Waals surface area contributed by atoms with E-state index in [0.717, 1.165) is 31.6 Å². The number of ether oxygens (including phenoxy) is 1. The first-order chi connectivity index (χ1) is 9.51. The fourth-order valence-electron chi connectivity index (χ4n) is 2.83. The molecule has 0 saturated heterocycles. The van der Waals surface area contributed by atoms with Crippen molar-refractivity contribution in [2.45, 2.75) is 52.2 Å². The van der Waals surface area contributed by atoms with Crippen molar-refractivity contribution in [3.05, 3.63) is 28.2 Å². The second-order valence-corrected chi connectivity index (χ2v) is 6.63. The number of nitrogens with one attached hydrogen (secondary N) is 1. The minimum absolute atomic E-state index is 0.165. The SMILES string of the molecule is CCCNC1CC(Oc2ccc(Cl)cc2Cl)C1(C)CC. The Hall–Kier alpha value is -0.440. The van der Waals surface area contributed by atoms with Crippen molar-refractivity contribution < 1.29 is 4.74 Å². The summed E-state index contributed by atoms with van der Waals surface area (Å²) in [5, 5.41) is 4.84. The number of benzene rings is 1. The van der Waals surface area contributed by atoms with E-state index < -0.39 is 0 Å². The van der Waals surface area contributed by atoms with Gasteiger partial charge in [0.1, 0.15) is 11.9 Å². The molecule has 3 unspecified atom stereocenters. The van der Waals surface area contributed by atoms with E-state index in [4.69, 9.17) is 27.9 Å². The molecule has 1 aromatic rings. The molecule has 112 valence electrons. The molecule has 20 heavy (non-hydrogen) atoms. The van der Waals surface area contributed by atoms with Crippen LogP contribution in [-0.4, -0.2) is 18.7 Å². The van der Waals surface area contributed by atoms with Gasteiger partial charge in [-0.3, -0.25) is 0 Å². The van der Waals surface area contributed by atoms with Gasteiger partial charge in [0, 0.05) is 22.9 Å². The Labute approximate surface area is 131 Å². The van der Waals surface area contributed by atoms with E-state index in [0.29, 0.717) is 16.1 Å². The fraction of sp³-hybridized carbons (Fsp3) is 0.625. The average Bonchev–Trinajstić information content (AvgIpc) is 2.43. The standard InChI is InChI=1S/C16H23Cl2NO/c1-4-8-19-14-10-15(16(14,3)5-2)20-13-7-6-11(17)9-12(13)18/h6-7,9,14-15,19H,4-5,8,10H2,1-3H3. The summed E-state index contributed by atoms with van der Waals surface area (Å²) in [5.41, 5.74) is 0.165. The van der Waals surface area contributed by atoms with E-state index in [1.165, 1.54) is 0 Å². The first-order valence-electron chi connectivity index (χ1n) is 7.36. The molecule has 1 aromatic carbocycles. The van der Waals surface area contributed by atoms with Crippen molar-refractivity contribution in [3.8, 4) is 5.75 Å². The summed E-state index contributed by atoms with van der Waals surface area (Å²) in [6.07, 6.45) is 3.48. The Morgan fingerprint density at radius 3 is 2.70 bits per heavy atom. The summed E-state index contributed by atoms with van der Waals surface area (Å²) in [4.78, 5) is 0. The van der Waals surface area contributed by atoms with Crippen molar-refractivity contribution in [3.63, 3.8) is 0 Å². The molecule has 0 aromatic heterocycles. The van der Waals surface area contributed by atoms with Crippen LogP contribution in [0.4, 0.5) is 0 Å². The molecule has 0 heterocycles. The first kappa shape index (κ1) is 15.9. The molecule has 4 heteroatoms. The number of hydrogen-bond acceptors (Lipinski definition) is 2. The molecule has 2 nitrogen and oxygen atoms in total. The molecule has 1 fully saturated rings. The van der Waals surface area contributed by atoms with Gasteiger partial charge >= 0.3 is 0 Å². The second-order valence-electron chi connectivity index (χ2n) is 5.78. The zero-order valence-corrected chi connectivity index (χ0v) is 13.9. The summed E-state index contributed by atoms with van der Waals surface area (Å²) in [6, 6.07) is 5.93. The minimum Gasteiger partial charge on any atom is -0.488 e. The Balaban J connectivity index is 2.03. The van der Waals surface area contributed by atoms with Gasteiger partial charge in [-0.25, -0.2) is 0 Å². The van der Waals surface area contributed by atoms with E-state index in [1.54, 1.807) is 6.07 Å². The first-order valence-corrected chi connectivity index (χ1v) is 8.12. The third-order valence-corrected chi connectivity index (χ3v) is 5.08. The van der Waals surface area contributed by atoms with Crippen LogP contribution in [0.15, 0.2) is 18.2 Å². The van der Waals surface area contributed by atoms with Crippen LogP contribution in [0.1, 0.15) is 40.0 Å². The normalized spacial score (nSPS) is 29.1. The lowest BCUT2D eigenvalue weighted by Gasteiger charge is -2.53. The van der Waals surface area contributed by atoms with Crippen LogP contribution in [-0.2, 0) is 0 Å². The number of rotatable bonds is 6. The van der Waals surface area contributed by atoms with Crippen LogP contribution < -0.4 is 10.1 Å². The predicted molar refractivity (Wildman–Crippen MR) is 86.0 cm³/mol. The number of hydrogen-bond donors (Lipinski definition) is 1. The van der Waals surface area contributed by atoms with Crippen LogP contribution in [0.3, 0.4) is 0 Å². The van der Waals surface area contributed by atoms with Gasteiger partial charge in [0.15, 0.2) is 0 Å². The van der Waals surface area contributed by atoms with E-state index in [-0.39, 0.29) is 11.5 Å². The Morgan fingerprint density at radius 2 is 2.10 bits per heavy atom. The van der Waals surface area contributed by atoms with Crippen LogP contribution in [0, 0.1) is 5.41 Å². The quantitative estimate of drug-likeness (QED) is 0.803. The molecular formula is C16H23Cl2NO. The Bertz CT molecular complexity index is 466. The van der Waals surface area contributed by atoms with Crippen molar-refractivity contribution in [2.75, 3.05) is 6.54 Å². The lowest BCUT2D eigenvalue weighted by atomic mass is 9.61.